The highest BCUT2D eigenvalue weighted by molar-refractivity contribution is 6.09. The molecule has 0 bridgehead atoms. The van der Waals surface area contributed by atoms with Crippen molar-refractivity contribution < 1.29 is 33.2 Å². The fourth-order valence-corrected chi connectivity index (χ4v) is 2.66. The Hall–Kier alpha value is -3.35. The molecule has 0 fully saturated rings. The van der Waals surface area contributed by atoms with E-state index >= 15 is 0 Å². The average Bonchev–Trinajstić information content (AvgIpc) is 2.75. The normalized spacial score (nSPS) is 10.5. The maximum atomic E-state index is 12.8. The van der Waals surface area contributed by atoms with Gasteiger partial charge in [-0.1, -0.05) is 0 Å². The molecule has 7 heteroatoms. The maximum Gasteiger partial charge on any atom is 0.189 e. The monoisotopic (exact) mass is 388 g/mol. The minimum atomic E-state index is -0.269. The Bertz CT molecular complexity index is 872. The largest absolute Gasteiger partial charge is 0.496 e. The van der Waals surface area contributed by atoms with Crippen molar-refractivity contribution in [3.05, 3.63) is 41.5 Å². The minimum Gasteiger partial charge on any atom is -0.496 e. The Morgan fingerprint density at radius 1 is 0.607 bits per heavy atom. The summed E-state index contributed by atoms with van der Waals surface area (Å²) >= 11 is 0. The number of carbonyl (C=O) groups excluding carboxylic acids is 1. The van der Waals surface area contributed by atoms with Crippen LogP contribution in [-0.2, 0) is 0 Å². The molecule has 0 N–H and O–H groups in total. The number of carbonyl (C=O) groups is 1. The molecule has 0 atom stereocenters. The second-order valence-electron chi connectivity index (χ2n) is 5.55. The molecule has 0 aromatic heterocycles. The number of benzene rings is 2. The van der Waals surface area contributed by atoms with Gasteiger partial charge in [0.25, 0.3) is 0 Å². The first kappa shape index (κ1) is 21.0. The molecule has 0 saturated heterocycles. The van der Waals surface area contributed by atoms with E-state index in [0.717, 1.165) is 0 Å². The number of allylic oxidation sites excluding steroid dienone is 1. The summed E-state index contributed by atoms with van der Waals surface area (Å²) in [6, 6.07) is 6.61. The summed E-state index contributed by atoms with van der Waals surface area (Å²) in [6.07, 6.45) is 3.06. The SMILES string of the molecule is COc1cc(OC)c(OC)cc1/C=C/C(=O)c1cc(OC)c(OC)cc1OC. The van der Waals surface area contributed by atoms with Crippen LogP contribution in [0.25, 0.3) is 6.08 Å². The fourth-order valence-electron chi connectivity index (χ4n) is 2.66. The molecule has 0 aliphatic carbocycles. The zero-order valence-corrected chi connectivity index (χ0v) is 16.8. The second-order valence-corrected chi connectivity index (χ2v) is 5.55. The Balaban J connectivity index is 2.43. The lowest BCUT2D eigenvalue weighted by atomic mass is 10.1. The first-order valence-electron chi connectivity index (χ1n) is 8.35. The Morgan fingerprint density at radius 2 is 1.04 bits per heavy atom. The van der Waals surface area contributed by atoms with Crippen molar-refractivity contribution in [3.63, 3.8) is 0 Å². The first-order valence-corrected chi connectivity index (χ1v) is 8.35. The minimum absolute atomic E-state index is 0.269. The molecule has 0 heterocycles. The molecule has 0 unspecified atom stereocenters. The van der Waals surface area contributed by atoms with Crippen LogP contribution in [0.1, 0.15) is 15.9 Å². The van der Waals surface area contributed by atoms with Crippen LogP contribution in [0.2, 0.25) is 0 Å². The van der Waals surface area contributed by atoms with Crippen LogP contribution in [-0.4, -0.2) is 48.4 Å². The Kier molecular flexibility index (Phi) is 7.14. The van der Waals surface area contributed by atoms with Gasteiger partial charge in [-0.05, 0) is 24.3 Å². The summed E-state index contributed by atoms with van der Waals surface area (Å²) in [5, 5.41) is 0. The van der Waals surface area contributed by atoms with Gasteiger partial charge in [-0.15, -0.1) is 0 Å². The summed E-state index contributed by atoms with van der Waals surface area (Å²) in [5.41, 5.74) is 1.00. The highest BCUT2D eigenvalue weighted by Crippen LogP contribution is 2.37. The average molecular weight is 388 g/mol. The quantitative estimate of drug-likeness (QED) is 0.480. The van der Waals surface area contributed by atoms with E-state index < -0.39 is 0 Å². The summed E-state index contributed by atoms with van der Waals surface area (Å²) in [7, 11) is 9.12. The fraction of sp³-hybridized carbons (Fsp3) is 0.286. The van der Waals surface area contributed by atoms with Crippen molar-refractivity contribution in [2.24, 2.45) is 0 Å². The Morgan fingerprint density at radius 3 is 1.54 bits per heavy atom. The van der Waals surface area contributed by atoms with Gasteiger partial charge in [0, 0.05) is 17.7 Å². The van der Waals surface area contributed by atoms with Crippen LogP contribution >= 0.6 is 0 Å². The zero-order chi connectivity index (χ0) is 20.7. The topological polar surface area (TPSA) is 72.5 Å². The predicted molar refractivity (Wildman–Crippen MR) is 106 cm³/mol. The standard InChI is InChI=1S/C21H24O7/c1-23-16-11-20(27-5)18(25-3)9-13(16)7-8-15(22)14-10-19(26-4)21(28-6)12-17(14)24-2/h7-12H,1-6H3/b8-7+. The van der Waals surface area contributed by atoms with E-state index in [-0.39, 0.29) is 5.78 Å². The Labute approximate surface area is 164 Å². The van der Waals surface area contributed by atoms with E-state index in [4.69, 9.17) is 28.4 Å². The number of methoxy groups -OCH3 is 6. The van der Waals surface area contributed by atoms with E-state index in [9.17, 15) is 4.79 Å². The summed E-state index contributed by atoms with van der Waals surface area (Å²) in [5.74, 6) is 2.62. The smallest absolute Gasteiger partial charge is 0.189 e. The van der Waals surface area contributed by atoms with Crippen molar-refractivity contribution in [1.82, 2.24) is 0 Å². The van der Waals surface area contributed by atoms with Crippen molar-refractivity contribution in [3.8, 4) is 34.5 Å². The van der Waals surface area contributed by atoms with E-state index in [0.29, 0.717) is 45.6 Å². The summed E-state index contributed by atoms with van der Waals surface area (Å²) < 4.78 is 31.8. The third-order valence-corrected chi connectivity index (χ3v) is 4.12. The van der Waals surface area contributed by atoms with Gasteiger partial charge in [0.1, 0.15) is 11.5 Å². The number of ketones is 1. The lowest BCUT2D eigenvalue weighted by Crippen LogP contribution is -2.02. The molecular weight excluding hydrogens is 364 g/mol. The molecule has 0 aliphatic heterocycles. The molecule has 0 saturated carbocycles. The van der Waals surface area contributed by atoms with Crippen LogP contribution in [0.15, 0.2) is 30.3 Å². The molecule has 2 aromatic rings. The van der Waals surface area contributed by atoms with Crippen molar-refractivity contribution in [2.45, 2.75) is 0 Å². The van der Waals surface area contributed by atoms with Crippen molar-refractivity contribution >= 4 is 11.9 Å². The zero-order valence-electron chi connectivity index (χ0n) is 16.8. The lowest BCUT2D eigenvalue weighted by molar-refractivity contribution is 0.104. The summed E-state index contributed by atoms with van der Waals surface area (Å²) in [6.45, 7) is 0. The van der Waals surface area contributed by atoms with E-state index in [2.05, 4.69) is 0 Å². The highest BCUT2D eigenvalue weighted by Gasteiger charge is 2.16. The van der Waals surface area contributed by atoms with Crippen molar-refractivity contribution in [2.75, 3.05) is 42.7 Å². The second kappa shape index (κ2) is 9.55. The first-order chi connectivity index (χ1) is 13.5. The van der Waals surface area contributed by atoms with Gasteiger partial charge in [-0.3, -0.25) is 4.79 Å². The third kappa shape index (κ3) is 4.31. The van der Waals surface area contributed by atoms with Crippen LogP contribution in [0.3, 0.4) is 0 Å². The maximum absolute atomic E-state index is 12.8. The van der Waals surface area contributed by atoms with Crippen molar-refractivity contribution in [1.29, 1.82) is 0 Å². The molecule has 2 rings (SSSR count). The number of ether oxygens (including phenoxy) is 6. The molecule has 0 spiro atoms. The van der Waals surface area contributed by atoms with E-state index in [1.54, 1.807) is 37.5 Å². The molecule has 0 aliphatic rings. The lowest BCUT2D eigenvalue weighted by Gasteiger charge is -2.13. The molecule has 0 amide bonds. The van der Waals surface area contributed by atoms with Gasteiger partial charge in [-0.2, -0.15) is 0 Å². The van der Waals surface area contributed by atoms with Crippen LogP contribution in [0.4, 0.5) is 0 Å². The van der Waals surface area contributed by atoms with Crippen LogP contribution < -0.4 is 28.4 Å². The number of hydrogen-bond donors (Lipinski definition) is 0. The van der Waals surface area contributed by atoms with Gasteiger partial charge in [0.15, 0.2) is 28.8 Å². The number of rotatable bonds is 9. The van der Waals surface area contributed by atoms with Gasteiger partial charge in [0.05, 0.1) is 48.2 Å². The van der Waals surface area contributed by atoms with Crippen LogP contribution in [0, 0.1) is 0 Å². The van der Waals surface area contributed by atoms with Gasteiger partial charge in [-0.25, -0.2) is 0 Å². The number of hydrogen-bond acceptors (Lipinski definition) is 7. The van der Waals surface area contributed by atoms with Gasteiger partial charge in [0.2, 0.25) is 0 Å². The van der Waals surface area contributed by atoms with Gasteiger partial charge < -0.3 is 28.4 Å². The van der Waals surface area contributed by atoms with Crippen LogP contribution in [0.5, 0.6) is 34.5 Å². The molecule has 150 valence electrons. The molecule has 28 heavy (non-hydrogen) atoms. The highest BCUT2D eigenvalue weighted by atomic mass is 16.5. The molecule has 0 radical (unpaired) electrons. The van der Waals surface area contributed by atoms with E-state index in [1.807, 2.05) is 0 Å². The predicted octanol–water partition coefficient (Wildman–Crippen LogP) is 3.63. The van der Waals surface area contributed by atoms with E-state index in [1.165, 1.54) is 41.6 Å². The molecule has 7 nitrogen and oxygen atoms in total. The summed E-state index contributed by atoms with van der Waals surface area (Å²) in [4.78, 5) is 12.8. The third-order valence-electron chi connectivity index (χ3n) is 4.12. The van der Waals surface area contributed by atoms with Gasteiger partial charge >= 0.3 is 0 Å². The molecule has 2 aromatic carbocycles. The molecular formula is C21H24O7.